The molecule has 4 rings (SSSR count). The van der Waals surface area contributed by atoms with Gasteiger partial charge in [0, 0.05) is 33.9 Å². The number of amides is 3. The fourth-order valence-electron chi connectivity index (χ4n) is 5.76. The summed E-state index contributed by atoms with van der Waals surface area (Å²) in [5.74, 6) is -1.22. The topological polar surface area (TPSA) is 89.6 Å². The molecule has 4 aliphatic rings. The molecule has 182 valence electrons. The molecule has 0 aromatic heterocycles. The molecule has 0 unspecified atom stereocenters. The second-order valence-corrected chi connectivity index (χ2v) is 10.3. The van der Waals surface area contributed by atoms with E-state index < -0.39 is 17.9 Å². The van der Waals surface area contributed by atoms with E-state index in [1.165, 1.54) is 0 Å². The molecule has 4 fully saturated rings. The van der Waals surface area contributed by atoms with E-state index in [-0.39, 0.29) is 35.4 Å². The van der Waals surface area contributed by atoms with Crippen molar-refractivity contribution in [1.82, 2.24) is 15.1 Å². The van der Waals surface area contributed by atoms with Crippen LogP contribution in [0, 0.1) is 5.41 Å². The fraction of sp³-hybridized carbons (Fsp3) is 0.909. The molecule has 4 atom stereocenters. The number of halogens is 1. The van der Waals surface area contributed by atoms with Crippen LogP contribution in [0.15, 0.2) is 0 Å². The molecule has 9 nitrogen and oxygen atoms in total. The molecule has 1 aliphatic carbocycles. The summed E-state index contributed by atoms with van der Waals surface area (Å²) < 4.78 is 22.6. The van der Waals surface area contributed by atoms with E-state index in [4.69, 9.17) is 30.5 Å². The number of alkyl halides is 1. The SMILES string of the molecule is COC1(OC)CO[C@H]2[C@@H]1N(C(=O)[C@H](CC1(C)CCCC1)NC(=O)N1CCOCC1)C[C@@H]2Cl. The number of fused-ring (bicyclic) bond motifs is 1. The smallest absolute Gasteiger partial charge is 0.318 e. The molecule has 32 heavy (non-hydrogen) atoms. The van der Waals surface area contributed by atoms with Crippen LogP contribution in [0.25, 0.3) is 0 Å². The third-order valence-electron chi connectivity index (χ3n) is 7.68. The molecule has 10 heteroatoms. The summed E-state index contributed by atoms with van der Waals surface area (Å²) in [5.41, 5.74) is 0.0177. The van der Waals surface area contributed by atoms with Crippen LogP contribution in [0.4, 0.5) is 4.79 Å². The van der Waals surface area contributed by atoms with Gasteiger partial charge < -0.3 is 34.1 Å². The zero-order chi connectivity index (χ0) is 22.9. The lowest BCUT2D eigenvalue weighted by Crippen LogP contribution is -2.60. The van der Waals surface area contributed by atoms with Crippen LogP contribution in [0.3, 0.4) is 0 Å². The lowest BCUT2D eigenvalue weighted by molar-refractivity contribution is -0.227. The number of likely N-dealkylation sites (tertiary alicyclic amines) is 1. The van der Waals surface area contributed by atoms with Crippen molar-refractivity contribution in [3.8, 4) is 0 Å². The Morgan fingerprint density at radius 2 is 1.84 bits per heavy atom. The number of methoxy groups -OCH3 is 2. The summed E-state index contributed by atoms with van der Waals surface area (Å²) in [6.45, 7) is 4.80. The Kier molecular flexibility index (Phi) is 7.22. The first-order valence-electron chi connectivity index (χ1n) is 11.6. The lowest BCUT2D eigenvalue weighted by atomic mass is 9.81. The molecular weight excluding hydrogens is 438 g/mol. The average molecular weight is 474 g/mol. The van der Waals surface area contributed by atoms with Crippen LogP contribution in [-0.2, 0) is 23.7 Å². The Morgan fingerprint density at radius 3 is 2.47 bits per heavy atom. The number of hydrogen-bond donors (Lipinski definition) is 1. The predicted molar refractivity (Wildman–Crippen MR) is 118 cm³/mol. The first-order chi connectivity index (χ1) is 15.3. The third-order valence-corrected chi connectivity index (χ3v) is 8.06. The summed E-state index contributed by atoms with van der Waals surface area (Å²) in [6, 6.07) is -1.34. The van der Waals surface area contributed by atoms with Gasteiger partial charge in [0.15, 0.2) is 0 Å². The minimum Gasteiger partial charge on any atom is -0.378 e. The number of nitrogens with zero attached hydrogens (tertiary/aromatic N) is 2. The van der Waals surface area contributed by atoms with Crippen LogP contribution in [0.5, 0.6) is 0 Å². The van der Waals surface area contributed by atoms with E-state index in [9.17, 15) is 9.59 Å². The van der Waals surface area contributed by atoms with Gasteiger partial charge in [0.2, 0.25) is 11.7 Å². The number of carbonyl (C=O) groups excluding carboxylic acids is 2. The second kappa shape index (κ2) is 9.62. The van der Waals surface area contributed by atoms with Crippen molar-refractivity contribution in [2.24, 2.45) is 5.41 Å². The fourth-order valence-corrected chi connectivity index (χ4v) is 6.12. The Bertz CT molecular complexity index is 693. The Balaban J connectivity index is 1.56. The van der Waals surface area contributed by atoms with Crippen molar-refractivity contribution >= 4 is 23.5 Å². The summed E-state index contributed by atoms with van der Waals surface area (Å²) in [7, 11) is 3.10. The quantitative estimate of drug-likeness (QED) is 0.465. The third kappa shape index (κ3) is 4.46. The van der Waals surface area contributed by atoms with E-state index in [1.807, 2.05) is 0 Å². The zero-order valence-electron chi connectivity index (χ0n) is 19.3. The molecule has 0 bridgehead atoms. The van der Waals surface area contributed by atoms with Crippen LogP contribution >= 0.6 is 11.6 Å². The molecule has 3 heterocycles. The van der Waals surface area contributed by atoms with E-state index in [0.29, 0.717) is 39.3 Å². The minimum atomic E-state index is -1.07. The van der Waals surface area contributed by atoms with E-state index in [2.05, 4.69) is 12.2 Å². The maximum Gasteiger partial charge on any atom is 0.318 e. The predicted octanol–water partition coefficient (Wildman–Crippen LogP) is 1.57. The Labute approximate surface area is 195 Å². The summed E-state index contributed by atoms with van der Waals surface area (Å²) in [6.07, 6.45) is 4.62. The van der Waals surface area contributed by atoms with Crippen LogP contribution < -0.4 is 5.32 Å². The van der Waals surface area contributed by atoms with Crippen molar-refractivity contribution in [1.29, 1.82) is 0 Å². The number of hydrogen-bond acceptors (Lipinski definition) is 6. The van der Waals surface area contributed by atoms with Crippen LogP contribution in [-0.4, -0.2) is 105 Å². The Morgan fingerprint density at radius 1 is 1.19 bits per heavy atom. The summed E-state index contributed by atoms with van der Waals surface area (Å²) >= 11 is 6.58. The summed E-state index contributed by atoms with van der Waals surface area (Å²) in [4.78, 5) is 30.4. The molecule has 3 aliphatic heterocycles. The van der Waals surface area contributed by atoms with Gasteiger partial charge in [-0.1, -0.05) is 19.8 Å². The molecule has 0 aromatic rings. The molecule has 0 aromatic carbocycles. The molecule has 0 radical (unpaired) electrons. The molecular formula is C22H36ClN3O6. The van der Waals surface area contributed by atoms with E-state index >= 15 is 0 Å². The number of ether oxygens (including phenoxy) is 4. The zero-order valence-corrected chi connectivity index (χ0v) is 20.1. The van der Waals surface area contributed by atoms with Gasteiger partial charge in [0.25, 0.3) is 0 Å². The highest BCUT2D eigenvalue weighted by atomic mass is 35.5. The highest BCUT2D eigenvalue weighted by Crippen LogP contribution is 2.44. The van der Waals surface area contributed by atoms with Gasteiger partial charge in [-0.15, -0.1) is 11.6 Å². The van der Waals surface area contributed by atoms with Crippen molar-refractivity contribution in [2.75, 3.05) is 53.7 Å². The first kappa shape index (κ1) is 24.0. The van der Waals surface area contributed by atoms with Crippen molar-refractivity contribution < 1.29 is 28.5 Å². The van der Waals surface area contributed by atoms with Crippen LogP contribution in [0.1, 0.15) is 39.0 Å². The van der Waals surface area contributed by atoms with Crippen molar-refractivity contribution in [2.45, 2.75) is 68.4 Å². The maximum atomic E-state index is 13.9. The number of morpholine rings is 1. The normalized spacial score (nSPS) is 32.1. The van der Waals surface area contributed by atoms with Gasteiger partial charge >= 0.3 is 6.03 Å². The molecule has 1 saturated carbocycles. The number of rotatable bonds is 6. The van der Waals surface area contributed by atoms with Gasteiger partial charge in [-0.25, -0.2) is 4.79 Å². The second-order valence-electron chi connectivity index (χ2n) is 9.77. The van der Waals surface area contributed by atoms with Gasteiger partial charge in [0.1, 0.15) is 24.8 Å². The lowest BCUT2D eigenvalue weighted by Gasteiger charge is -2.39. The highest BCUT2D eigenvalue weighted by Gasteiger charge is 2.61. The van der Waals surface area contributed by atoms with Gasteiger partial charge in [-0.2, -0.15) is 0 Å². The van der Waals surface area contributed by atoms with Gasteiger partial charge in [-0.3, -0.25) is 4.79 Å². The largest absolute Gasteiger partial charge is 0.378 e. The monoisotopic (exact) mass is 473 g/mol. The molecule has 1 N–H and O–H groups in total. The number of urea groups is 1. The molecule has 3 amide bonds. The van der Waals surface area contributed by atoms with Gasteiger partial charge in [-0.05, 0) is 24.7 Å². The number of nitrogens with one attached hydrogen (secondary N) is 1. The highest BCUT2D eigenvalue weighted by molar-refractivity contribution is 6.21. The van der Waals surface area contributed by atoms with E-state index in [0.717, 1.165) is 25.7 Å². The first-order valence-corrected chi connectivity index (χ1v) is 12.1. The molecule has 0 spiro atoms. The van der Waals surface area contributed by atoms with Gasteiger partial charge in [0.05, 0.1) is 18.6 Å². The standard InChI is InChI=1S/C22H36ClN3O6/c1-21(6-4-5-7-21)12-16(24-20(28)25-8-10-31-11-9-25)19(27)26-13-15(23)17-18(26)22(29-2,30-3)14-32-17/h15-18H,4-14H2,1-3H3,(H,24,28)/t15-,16-,17+,18-/m0/s1. The van der Waals surface area contributed by atoms with Crippen molar-refractivity contribution in [3.05, 3.63) is 0 Å². The average Bonchev–Trinajstić information content (AvgIpc) is 3.49. The Hall–Kier alpha value is -1.13. The molecule has 3 saturated heterocycles. The maximum absolute atomic E-state index is 13.9. The van der Waals surface area contributed by atoms with E-state index in [1.54, 1.807) is 24.0 Å². The minimum absolute atomic E-state index is 0.0177. The summed E-state index contributed by atoms with van der Waals surface area (Å²) in [5, 5.41) is 2.68. The number of carbonyl (C=O) groups is 2. The van der Waals surface area contributed by atoms with Crippen molar-refractivity contribution in [3.63, 3.8) is 0 Å². The van der Waals surface area contributed by atoms with Crippen LogP contribution in [0.2, 0.25) is 0 Å².